The maximum absolute atomic E-state index is 13.3. The molecule has 0 spiro atoms. The van der Waals surface area contributed by atoms with E-state index in [2.05, 4.69) is 19.2 Å². The van der Waals surface area contributed by atoms with Crippen molar-refractivity contribution in [1.29, 1.82) is 0 Å². The molecule has 0 aliphatic carbocycles. The SMILES string of the molecule is CCC(C)N1C(=O)c2ccccc2NC1(C)c1ccc(OC)cc1OC. The van der Waals surface area contributed by atoms with E-state index >= 15 is 0 Å². The van der Waals surface area contributed by atoms with Crippen molar-refractivity contribution in [2.75, 3.05) is 19.5 Å². The first-order valence-corrected chi connectivity index (χ1v) is 8.89. The number of carbonyl (C=O) groups excluding carboxylic acids is 1. The molecule has 1 amide bonds. The molecule has 0 fully saturated rings. The molecule has 138 valence electrons. The van der Waals surface area contributed by atoms with Gasteiger partial charge in [-0.2, -0.15) is 0 Å². The summed E-state index contributed by atoms with van der Waals surface area (Å²) in [5, 5.41) is 3.58. The Morgan fingerprint density at radius 3 is 2.54 bits per heavy atom. The Labute approximate surface area is 154 Å². The summed E-state index contributed by atoms with van der Waals surface area (Å²) >= 11 is 0. The number of methoxy groups -OCH3 is 2. The van der Waals surface area contributed by atoms with Crippen molar-refractivity contribution in [1.82, 2.24) is 4.90 Å². The van der Waals surface area contributed by atoms with Gasteiger partial charge in [0.1, 0.15) is 17.2 Å². The van der Waals surface area contributed by atoms with E-state index in [1.807, 2.05) is 54.3 Å². The molecule has 0 aromatic heterocycles. The Morgan fingerprint density at radius 1 is 1.15 bits per heavy atom. The second-order valence-electron chi connectivity index (χ2n) is 6.74. The number of anilines is 1. The van der Waals surface area contributed by atoms with Gasteiger partial charge in [-0.1, -0.05) is 19.1 Å². The topological polar surface area (TPSA) is 50.8 Å². The van der Waals surface area contributed by atoms with Gasteiger partial charge in [0.2, 0.25) is 0 Å². The normalized spacial score (nSPS) is 20.2. The van der Waals surface area contributed by atoms with Gasteiger partial charge in [-0.05, 0) is 44.5 Å². The number of hydrogen-bond donors (Lipinski definition) is 1. The van der Waals surface area contributed by atoms with Crippen LogP contribution in [0.5, 0.6) is 11.5 Å². The van der Waals surface area contributed by atoms with Crippen LogP contribution < -0.4 is 14.8 Å². The molecule has 1 N–H and O–H groups in total. The smallest absolute Gasteiger partial charge is 0.258 e. The first-order chi connectivity index (χ1) is 12.5. The van der Waals surface area contributed by atoms with Gasteiger partial charge in [0.25, 0.3) is 5.91 Å². The average molecular weight is 354 g/mol. The van der Waals surface area contributed by atoms with Crippen LogP contribution in [0.4, 0.5) is 5.69 Å². The van der Waals surface area contributed by atoms with Crippen molar-refractivity contribution in [3.8, 4) is 11.5 Å². The quantitative estimate of drug-likeness (QED) is 0.872. The molecular formula is C21H26N2O3. The molecule has 2 aromatic rings. The molecule has 0 bridgehead atoms. The fourth-order valence-corrected chi connectivity index (χ4v) is 3.66. The van der Waals surface area contributed by atoms with Gasteiger partial charge in [-0.3, -0.25) is 4.79 Å². The van der Waals surface area contributed by atoms with Crippen molar-refractivity contribution >= 4 is 11.6 Å². The van der Waals surface area contributed by atoms with Crippen molar-refractivity contribution < 1.29 is 14.3 Å². The van der Waals surface area contributed by atoms with Crippen molar-refractivity contribution in [2.45, 2.75) is 38.9 Å². The van der Waals surface area contributed by atoms with E-state index in [0.717, 1.165) is 17.7 Å². The molecule has 1 heterocycles. The van der Waals surface area contributed by atoms with Crippen LogP contribution in [0, 0.1) is 0 Å². The summed E-state index contributed by atoms with van der Waals surface area (Å²) in [6.45, 7) is 6.18. The Morgan fingerprint density at radius 2 is 1.88 bits per heavy atom. The van der Waals surface area contributed by atoms with Gasteiger partial charge >= 0.3 is 0 Å². The maximum atomic E-state index is 13.3. The summed E-state index contributed by atoms with van der Waals surface area (Å²) in [6.07, 6.45) is 0.851. The van der Waals surface area contributed by atoms with Crippen LogP contribution in [0.25, 0.3) is 0 Å². The third-order valence-corrected chi connectivity index (χ3v) is 5.20. The van der Waals surface area contributed by atoms with Crippen LogP contribution in [0.1, 0.15) is 43.1 Å². The lowest BCUT2D eigenvalue weighted by atomic mass is 9.90. The lowest BCUT2D eigenvalue weighted by Crippen LogP contribution is -2.59. The predicted molar refractivity (Wildman–Crippen MR) is 103 cm³/mol. The molecule has 5 heteroatoms. The van der Waals surface area contributed by atoms with Crippen molar-refractivity contribution in [3.05, 3.63) is 53.6 Å². The molecule has 1 aliphatic heterocycles. The Balaban J connectivity index is 2.21. The fraction of sp³-hybridized carbons (Fsp3) is 0.381. The van der Waals surface area contributed by atoms with Crippen LogP contribution in [0.15, 0.2) is 42.5 Å². The minimum Gasteiger partial charge on any atom is -0.497 e. The van der Waals surface area contributed by atoms with Crippen LogP contribution in [-0.2, 0) is 5.66 Å². The second kappa shape index (κ2) is 6.90. The zero-order valence-electron chi connectivity index (χ0n) is 16.0. The maximum Gasteiger partial charge on any atom is 0.258 e. The largest absolute Gasteiger partial charge is 0.497 e. The average Bonchev–Trinajstić information content (AvgIpc) is 2.67. The number of para-hydroxylation sites is 1. The number of nitrogens with one attached hydrogen (secondary N) is 1. The molecule has 2 unspecified atom stereocenters. The summed E-state index contributed by atoms with van der Waals surface area (Å²) in [5.41, 5.74) is 1.68. The minimum atomic E-state index is -0.738. The monoisotopic (exact) mass is 354 g/mol. The lowest BCUT2D eigenvalue weighted by Gasteiger charge is -2.49. The van der Waals surface area contributed by atoms with E-state index < -0.39 is 5.66 Å². The van der Waals surface area contributed by atoms with Crippen molar-refractivity contribution in [3.63, 3.8) is 0 Å². The molecule has 3 rings (SSSR count). The van der Waals surface area contributed by atoms with Gasteiger partial charge < -0.3 is 19.7 Å². The van der Waals surface area contributed by atoms with Crippen molar-refractivity contribution in [2.24, 2.45) is 0 Å². The Hall–Kier alpha value is -2.69. The highest BCUT2D eigenvalue weighted by Gasteiger charge is 2.45. The number of benzene rings is 2. The Kier molecular flexibility index (Phi) is 4.81. The van der Waals surface area contributed by atoms with Crippen LogP contribution in [0.2, 0.25) is 0 Å². The zero-order valence-corrected chi connectivity index (χ0v) is 16.0. The molecule has 0 saturated heterocycles. The van der Waals surface area contributed by atoms with Crippen LogP contribution in [0.3, 0.4) is 0 Å². The third-order valence-electron chi connectivity index (χ3n) is 5.20. The zero-order chi connectivity index (χ0) is 18.9. The van der Waals surface area contributed by atoms with E-state index in [9.17, 15) is 4.79 Å². The second-order valence-corrected chi connectivity index (χ2v) is 6.74. The fourth-order valence-electron chi connectivity index (χ4n) is 3.66. The molecule has 0 saturated carbocycles. The van der Waals surface area contributed by atoms with E-state index in [1.165, 1.54) is 0 Å². The minimum absolute atomic E-state index is 0.0223. The Bertz CT molecular complexity index is 821. The van der Waals surface area contributed by atoms with Gasteiger partial charge in [0.15, 0.2) is 0 Å². The van der Waals surface area contributed by atoms with Crippen LogP contribution in [-0.4, -0.2) is 31.1 Å². The summed E-state index contributed by atoms with van der Waals surface area (Å²) in [4.78, 5) is 15.3. The number of ether oxygens (including phenoxy) is 2. The van der Waals surface area contributed by atoms with Crippen LogP contribution >= 0.6 is 0 Å². The number of rotatable bonds is 5. The summed E-state index contributed by atoms with van der Waals surface area (Å²) < 4.78 is 11.0. The first kappa shape index (κ1) is 18.1. The number of nitrogens with zero attached hydrogens (tertiary/aromatic N) is 1. The number of fused-ring (bicyclic) bond motifs is 1. The van der Waals surface area contributed by atoms with E-state index in [1.54, 1.807) is 14.2 Å². The van der Waals surface area contributed by atoms with Gasteiger partial charge in [0.05, 0.1) is 19.8 Å². The number of carbonyl (C=O) groups is 1. The van der Waals surface area contributed by atoms with Gasteiger partial charge in [-0.15, -0.1) is 0 Å². The molecule has 2 atom stereocenters. The molecule has 0 radical (unpaired) electrons. The summed E-state index contributed by atoms with van der Waals surface area (Å²) in [5.74, 6) is 1.42. The first-order valence-electron chi connectivity index (χ1n) is 8.89. The molecule has 5 nitrogen and oxygen atoms in total. The molecule has 1 aliphatic rings. The lowest BCUT2D eigenvalue weighted by molar-refractivity contribution is 0.0394. The number of hydrogen-bond acceptors (Lipinski definition) is 4. The summed E-state index contributed by atoms with van der Waals surface area (Å²) in [7, 11) is 3.26. The highest BCUT2D eigenvalue weighted by Crippen LogP contribution is 2.43. The highest BCUT2D eigenvalue weighted by atomic mass is 16.5. The molecule has 26 heavy (non-hydrogen) atoms. The standard InChI is InChI=1S/C21H26N2O3/c1-6-14(2)23-20(24)16-9-7-8-10-18(16)22-21(23,3)17-12-11-15(25-4)13-19(17)26-5/h7-14,22H,6H2,1-5H3. The highest BCUT2D eigenvalue weighted by molar-refractivity contribution is 6.02. The number of amides is 1. The summed E-state index contributed by atoms with van der Waals surface area (Å²) in [6, 6.07) is 13.4. The predicted octanol–water partition coefficient (Wildman–Crippen LogP) is 4.24. The molecular weight excluding hydrogens is 328 g/mol. The third kappa shape index (κ3) is 2.77. The van der Waals surface area contributed by atoms with E-state index in [-0.39, 0.29) is 11.9 Å². The van der Waals surface area contributed by atoms with E-state index in [4.69, 9.17) is 9.47 Å². The van der Waals surface area contributed by atoms with Gasteiger partial charge in [0, 0.05) is 23.4 Å². The van der Waals surface area contributed by atoms with E-state index in [0.29, 0.717) is 17.1 Å². The van der Waals surface area contributed by atoms with Gasteiger partial charge in [-0.25, -0.2) is 0 Å². The molecule has 2 aromatic carbocycles.